The number of nitrogens with one attached hydrogen (secondary N) is 1. The maximum atomic E-state index is 13.4. The van der Waals surface area contributed by atoms with Crippen LogP contribution in [0.15, 0.2) is 90.0 Å². The van der Waals surface area contributed by atoms with E-state index in [1.54, 1.807) is 48.7 Å². The van der Waals surface area contributed by atoms with Crippen molar-refractivity contribution in [2.45, 2.75) is 31.2 Å². The molecule has 0 spiro atoms. The van der Waals surface area contributed by atoms with Crippen molar-refractivity contribution in [3.63, 3.8) is 0 Å². The second kappa shape index (κ2) is 9.13. The van der Waals surface area contributed by atoms with E-state index in [1.165, 1.54) is 23.6 Å². The number of rotatable bonds is 7. The van der Waals surface area contributed by atoms with Crippen LogP contribution in [0, 0.1) is 6.92 Å². The van der Waals surface area contributed by atoms with E-state index in [4.69, 9.17) is 0 Å². The molecule has 1 heterocycles. The monoisotopic (exact) mass is 460 g/mol. The van der Waals surface area contributed by atoms with Crippen molar-refractivity contribution < 1.29 is 18.0 Å². The highest BCUT2D eigenvalue weighted by Gasteiger charge is 2.28. The summed E-state index contributed by atoms with van der Waals surface area (Å²) in [6.45, 7) is 3.33. The molecule has 0 amide bonds. The third kappa shape index (κ3) is 4.79. The fraction of sp³-hybridized carbons (Fsp3) is 0.154. The SMILES string of the molecule is CC(=O)n1cc(C[C@H](NS(=O)(=O)c2ccc(C)cc2)C(=O)c2ccccc2)c2ccccc21. The van der Waals surface area contributed by atoms with E-state index >= 15 is 0 Å². The smallest absolute Gasteiger partial charge is 0.241 e. The number of sulfonamides is 1. The number of benzene rings is 3. The molecule has 0 radical (unpaired) electrons. The lowest BCUT2D eigenvalue weighted by atomic mass is 9.98. The maximum Gasteiger partial charge on any atom is 0.241 e. The molecule has 0 aliphatic carbocycles. The number of ketones is 1. The first-order chi connectivity index (χ1) is 15.8. The summed E-state index contributed by atoms with van der Waals surface area (Å²) in [4.78, 5) is 25.6. The van der Waals surface area contributed by atoms with Crippen molar-refractivity contribution in [1.82, 2.24) is 9.29 Å². The van der Waals surface area contributed by atoms with Gasteiger partial charge in [-0.2, -0.15) is 4.72 Å². The Labute approximate surface area is 192 Å². The number of para-hydroxylation sites is 1. The predicted molar refractivity (Wildman–Crippen MR) is 128 cm³/mol. The van der Waals surface area contributed by atoms with Crippen LogP contribution in [0.3, 0.4) is 0 Å². The van der Waals surface area contributed by atoms with Crippen LogP contribution in [-0.2, 0) is 16.4 Å². The van der Waals surface area contributed by atoms with E-state index in [0.29, 0.717) is 16.6 Å². The van der Waals surface area contributed by atoms with Gasteiger partial charge in [0.25, 0.3) is 0 Å². The summed E-state index contributed by atoms with van der Waals surface area (Å²) in [5, 5.41) is 0.799. The number of hydrogen-bond donors (Lipinski definition) is 1. The number of hydrogen-bond acceptors (Lipinski definition) is 4. The highest BCUT2D eigenvalue weighted by Crippen LogP contribution is 2.24. The van der Waals surface area contributed by atoms with Gasteiger partial charge in [-0.15, -0.1) is 0 Å². The molecule has 168 valence electrons. The van der Waals surface area contributed by atoms with E-state index < -0.39 is 16.1 Å². The molecular weight excluding hydrogens is 436 g/mol. The zero-order valence-electron chi connectivity index (χ0n) is 18.4. The quantitative estimate of drug-likeness (QED) is 0.415. The van der Waals surface area contributed by atoms with Crippen LogP contribution in [0.25, 0.3) is 10.9 Å². The number of Topliss-reactive ketones (excluding diaryl/α,β-unsaturated/α-hetero) is 1. The third-order valence-corrected chi connectivity index (χ3v) is 7.05. The summed E-state index contributed by atoms with van der Waals surface area (Å²) >= 11 is 0. The lowest BCUT2D eigenvalue weighted by Crippen LogP contribution is -2.42. The van der Waals surface area contributed by atoms with Crippen molar-refractivity contribution in [1.29, 1.82) is 0 Å². The number of nitrogens with zero attached hydrogens (tertiary/aromatic N) is 1. The van der Waals surface area contributed by atoms with Gasteiger partial charge in [0, 0.05) is 24.1 Å². The van der Waals surface area contributed by atoms with Gasteiger partial charge >= 0.3 is 0 Å². The highest BCUT2D eigenvalue weighted by molar-refractivity contribution is 7.89. The molecule has 0 saturated heterocycles. The molecule has 6 nitrogen and oxygen atoms in total. The Morgan fingerprint density at radius 3 is 2.21 bits per heavy atom. The van der Waals surface area contributed by atoms with E-state index in [2.05, 4.69) is 4.72 Å². The Morgan fingerprint density at radius 2 is 1.55 bits per heavy atom. The van der Waals surface area contributed by atoms with Gasteiger partial charge in [0.05, 0.1) is 16.5 Å². The van der Waals surface area contributed by atoms with Gasteiger partial charge in [0.15, 0.2) is 5.78 Å². The molecule has 33 heavy (non-hydrogen) atoms. The van der Waals surface area contributed by atoms with Gasteiger partial charge in [0.1, 0.15) is 0 Å². The molecule has 1 N–H and O–H groups in total. The fourth-order valence-electron chi connectivity index (χ4n) is 3.86. The van der Waals surface area contributed by atoms with Crippen LogP contribution < -0.4 is 4.72 Å². The third-order valence-electron chi connectivity index (χ3n) is 5.56. The zero-order chi connectivity index (χ0) is 23.6. The number of carbonyl (C=O) groups excluding carboxylic acids is 2. The predicted octanol–water partition coefficient (Wildman–Crippen LogP) is 4.38. The normalized spacial score (nSPS) is 12.5. The second-order valence-corrected chi connectivity index (χ2v) is 9.70. The summed E-state index contributed by atoms with van der Waals surface area (Å²) < 4.78 is 30.4. The van der Waals surface area contributed by atoms with Crippen LogP contribution in [0.1, 0.15) is 33.2 Å². The molecule has 7 heteroatoms. The van der Waals surface area contributed by atoms with Crippen LogP contribution in [0.5, 0.6) is 0 Å². The first-order valence-corrected chi connectivity index (χ1v) is 12.0. The van der Waals surface area contributed by atoms with Crippen molar-refractivity contribution in [2.24, 2.45) is 0 Å². The highest BCUT2D eigenvalue weighted by atomic mass is 32.2. The van der Waals surface area contributed by atoms with E-state index in [-0.39, 0.29) is 23.0 Å². The molecule has 0 saturated carbocycles. The molecule has 4 aromatic rings. The molecule has 3 aromatic carbocycles. The second-order valence-electron chi connectivity index (χ2n) is 7.98. The lowest BCUT2D eigenvalue weighted by Gasteiger charge is -2.18. The summed E-state index contributed by atoms with van der Waals surface area (Å²) in [5.41, 5.74) is 2.77. The number of fused-ring (bicyclic) bond motifs is 1. The molecule has 0 bridgehead atoms. The minimum atomic E-state index is -3.96. The number of carbonyl (C=O) groups is 2. The Kier molecular flexibility index (Phi) is 6.26. The van der Waals surface area contributed by atoms with Gasteiger partial charge in [0.2, 0.25) is 15.9 Å². The van der Waals surface area contributed by atoms with Gasteiger partial charge in [-0.1, -0.05) is 66.2 Å². The van der Waals surface area contributed by atoms with Crippen LogP contribution in [0.2, 0.25) is 0 Å². The van der Waals surface area contributed by atoms with Crippen molar-refractivity contribution in [3.05, 3.63) is 102 Å². The number of aryl methyl sites for hydroxylation is 1. The van der Waals surface area contributed by atoms with Crippen LogP contribution >= 0.6 is 0 Å². The fourth-order valence-corrected chi connectivity index (χ4v) is 5.05. The van der Waals surface area contributed by atoms with Gasteiger partial charge in [-0.3, -0.25) is 14.2 Å². The standard InChI is InChI=1S/C26H24N2O4S/c1-18-12-14-22(15-13-18)33(31,32)27-24(26(30)20-8-4-3-5-9-20)16-21-17-28(19(2)29)25-11-7-6-10-23(21)25/h3-15,17,24,27H,16H2,1-2H3/t24-/m0/s1. The average Bonchev–Trinajstić information content (AvgIpc) is 3.18. The van der Waals surface area contributed by atoms with Gasteiger partial charge in [-0.25, -0.2) is 8.42 Å². The van der Waals surface area contributed by atoms with E-state index in [9.17, 15) is 18.0 Å². The first-order valence-electron chi connectivity index (χ1n) is 10.5. The van der Waals surface area contributed by atoms with E-state index in [1.807, 2.05) is 31.2 Å². The first kappa shape index (κ1) is 22.6. The topological polar surface area (TPSA) is 85.2 Å². The minimum Gasteiger partial charge on any atom is -0.292 e. The number of aromatic nitrogens is 1. The molecular formula is C26H24N2O4S. The largest absolute Gasteiger partial charge is 0.292 e. The molecule has 0 aliphatic rings. The van der Waals surface area contributed by atoms with Crippen LogP contribution in [0.4, 0.5) is 0 Å². The van der Waals surface area contributed by atoms with Crippen molar-refractivity contribution >= 4 is 32.6 Å². The zero-order valence-corrected chi connectivity index (χ0v) is 19.2. The van der Waals surface area contributed by atoms with Crippen molar-refractivity contribution in [3.8, 4) is 0 Å². The van der Waals surface area contributed by atoms with Crippen LogP contribution in [-0.4, -0.2) is 30.7 Å². The summed E-state index contributed by atoms with van der Waals surface area (Å²) in [5.74, 6) is -0.505. The average molecular weight is 461 g/mol. The molecule has 1 aromatic heterocycles. The van der Waals surface area contributed by atoms with E-state index in [0.717, 1.165) is 10.9 Å². The Hall–Kier alpha value is -3.55. The Balaban J connectivity index is 1.76. The maximum absolute atomic E-state index is 13.4. The molecule has 0 unspecified atom stereocenters. The lowest BCUT2D eigenvalue weighted by molar-refractivity contribution is 0.0940. The summed E-state index contributed by atoms with van der Waals surface area (Å²) in [6.07, 6.45) is 1.78. The Morgan fingerprint density at radius 1 is 0.909 bits per heavy atom. The molecule has 4 rings (SSSR count). The molecule has 0 fully saturated rings. The van der Waals surface area contributed by atoms with Gasteiger partial charge in [-0.05, 0) is 37.1 Å². The van der Waals surface area contributed by atoms with Gasteiger partial charge < -0.3 is 0 Å². The van der Waals surface area contributed by atoms with Crippen molar-refractivity contribution in [2.75, 3.05) is 0 Å². The molecule has 1 atom stereocenters. The summed E-state index contributed by atoms with van der Waals surface area (Å²) in [7, 11) is -3.96. The minimum absolute atomic E-state index is 0.0881. The Bertz CT molecular complexity index is 1420. The summed E-state index contributed by atoms with van der Waals surface area (Å²) in [6, 6.07) is 21.4. The molecule has 0 aliphatic heterocycles.